The molecule has 5 heteroatoms. The summed E-state index contributed by atoms with van der Waals surface area (Å²) in [5.41, 5.74) is -0.236. The first kappa shape index (κ1) is 23.6. The van der Waals surface area contributed by atoms with Crippen molar-refractivity contribution < 1.29 is 24.9 Å². The number of Topliss-reactive ketones (excluding diaryl/α,β-unsaturated/α-hetero) is 1. The number of carboxylic acids is 1. The van der Waals surface area contributed by atoms with E-state index in [9.17, 15) is 19.8 Å². The molecular formula is C22H36O5. The number of carbonyl (C=O) groups is 2. The molecule has 1 aliphatic carbocycles. The highest BCUT2D eigenvalue weighted by Crippen LogP contribution is 2.35. The molecule has 0 radical (unpaired) electrons. The number of aliphatic carboxylic acids is 1. The predicted octanol–water partition coefficient (Wildman–Crippen LogP) is 3.89. The third-order valence-electron chi connectivity index (χ3n) is 5.54. The molecular weight excluding hydrogens is 344 g/mol. The maximum atomic E-state index is 12.2. The van der Waals surface area contributed by atoms with Gasteiger partial charge < -0.3 is 15.3 Å². The van der Waals surface area contributed by atoms with Crippen LogP contribution >= 0.6 is 0 Å². The van der Waals surface area contributed by atoms with Gasteiger partial charge in [-0.05, 0) is 31.1 Å². The second-order valence-electron chi connectivity index (χ2n) is 8.34. The van der Waals surface area contributed by atoms with E-state index in [1.54, 1.807) is 6.08 Å². The Labute approximate surface area is 163 Å². The average Bonchev–Trinajstić information content (AvgIpc) is 2.86. The van der Waals surface area contributed by atoms with Gasteiger partial charge in [0.15, 0.2) is 0 Å². The van der Waals surface area contributed by atoms with Crippen LogP contribution in [0.5, 0.6) is 0 Å². The van der Waals surface area contributed by atoms with E-state index in [2.05, 4.69) is 6.92 Å². The van der Waals surface area contributed by atoms with E-state index >= 15 is 0 Å². The third kappa shape index (κ3) is 7.97. The molecule has 1 rings (SSSR count). The second-order valence-corrected chi connectivity index (χ2v) is 8.34. The number of unbranched alkanes of at least 4 members (excludes halogenated alkanes) is 2. The lowest BCUT2D eigenvalue weighted by Gasteiger charge is -2.29. The van der Waals surface area contributed by atoms with Gasteiger partial charge in [0.1, 0.15) is 5.78 Å². The SMILES string of the molecule is CCCCC(C)(C)C(O)/C=C/[C@H]1[C@H](O)CC(=O)[C@@H]1C/C=C\CCCC(=O)O. The molecule has 0 bridgehead atoms. The van der Waals surface area contributed by atoms with Gasteiger partial charge in [0.2, 0.25) is 0 Å². The van der Waals surface area contributed by atoms with Crippen molar-refractivity contribution in [2.75, 3.05) is 0 Å². The number of carboxylic acid groups (broad SMARTS) is 1. The topological polar surface area (TPSA) is 94.8 Å². The molecule has 4 atom stereocenters. The van der Waals surface area contributed by atoms with Gasteiger partial charge in [-0.25, -0.2) is 0 Å². The lowest BCUT2D eigenvalue weighted by Crippen LogP contribution is -2.28. The lowest BCUT2D eigenvalue weighted by atomic mass is 9.80. The first-order valence-electron chi connectivity index (χ1n) is 10.1. The van der Waals surface area contributed by atoms with Crippen LogP contribution in [0.3, 0.4) is 0 Å². The van der Waals surface area contributed by atoms with E-state index in [4.69, 9.17) is 5.11 Å². The van der Waals surface area contributed by atoms with Crippen LogP contribution in [0.15, 0.2) is 24.3 Å². The smallest absolute Gasteiger partial charge is 0.303 e. The van der Waals surface area contributed by atoms with Crippen molar-refractivity contribution in [3.05, 3.63) is 24.3 Å². The summed E-state index contributed by atoms with van der Waals surface area (Å²) in [6.45, 7) is 6.19. The minimum absolute atomic E-state index is 0.0482. The van der Waals surface area contributed by atoms with E-state index in [0.29, 0.717) is 19.3 Å². The molecule has 5 nitrogen and oxygen atoms in total. The zero-order valence-electron chi connectivity index (χ0n) is 16.9. The van der Waals surface area contributed by atoms with Crippen LogP contribution in [-0.4, -0.2) is 39.3 Å². The van der Waals surface area contributed by atoms with E-state index < -0.39 is 18.2 Å². The van der Waals surface area contributed by atoms with E-state index in [0.717, 1.165) is 19.3 Å². The molecule has 1 unspecified atom stereocenters. The van der Waals surface area contributed by atoms with Crippen LogP contribution in [0.1, 0.15) is 72.1 Å². The summed E-state index contributed by atoms with van der Waals surface area (Å²) in [7, 11) is 0. The average molecular weight is 381 g/mol. The van der Waals surface area contributed by atoms with Crippen LogP contribution in [0, 0.1) is 17.3 Å². The molecule has 27 heavy (non-hydrogen) atoms. The fourth-order valence-electron chi connectivity index (χ4n) is 3.53. The quantitative estimate of drug-likeness (QED) is 0.353. The number of ketones is 1. The first-order valence-corrected chi connectivity index (χ1v) is 10.1. The summed E-state index contributed by atoms with van der Waals surface area (Å²) < 4.78 is 0. The predicted molar refractivity (Wildman–Crippen MR) is 106 cm³/mol. The van der Waals surface area contributed by atoms with Crippen LogP contribution in [0.25, 0.3) is 0 Å². The number of aliphatic hydroxyl groups is 2. The zero-order valence-corrected chi connectivity index (χ0v) is 16.9. The summed E-state index contributed by atoms with van der Waals surface area (Å²) in [4.78, 5) is 22.7. The molecule has 0 aromatic heterocycles. The second kappa shape index (κ2) is 11.4. The Morgan fingerprint density at radius 2 is 2.00 bits per heavy atom. The molecule has 0 saturated heterocycles. The van der Waals surface area contributed by atoms with Gasteiger partial charge in [-0.3, -0.25) is 9.59 Å². The van der Waals surface area contributed by atoms with E-state index in [1.165, 1.54) is 0 Å². The molecule has 0 aromatic rings. The summed E-state index contributed by atoms with van der Waals surface area (Å²) in [5, 5.41) is 29.4. The van der Waals surface area contributed by atoms with Gasteiger partial charge in [0.05, 0.1) is 12.2 Å². The van der Waals surface area contributed by atoms with Crippen molar-refractivity contribution in [3.63, 3.8) is 0 Å². The van der Waals surface area contributed by atoms with Gasteiger partial charge in [-0.15, -0.1) is 0 Å². The van der Waals surface area contributed by atoms with Crippen LogP contribution in [0.2, 0.25) is 0 Å². The molecule has 1 fully saturated rings. The molecule has 0 aliphatic heterocycles. The van der Waals surface area contributed by atoms with Crippen LogP contribution < -0.4 is 0 Å². The molecule has 0 spiro atoms. The fraction of sp³-hybridized carbons (Fsp3) is 0.727. The first-order chi connectivity index (χ1) is 12.7. The van der Waals surface area contributed by atoms with Crippen molar-refractivity contribution in [2.45, 2.75) is 84.3 Å². The Kier molecular flexibility index (Phi) is 9.95. The largest absolute Gasteiger partial charge is 0.481 e. The molecule has 1 aliphatic rings. The minimum Gasteiger partial charge on any atom is -0.481 e. The fourth-order valence-corrected chi connectivity index (χ4v) is 3.53. The van der Waals surface area contributed by atoms with Crippen molar-refractivity contribution in [1.29, 1.82) is 0 Å². The number of allylic oxidation sites excluding steroid dienone is 2. The standard InChI is InChI=1S/C22H36O5/c1-4-5-14-22(2,3)20(25)13-12-17-16(18(23)15-19(17)24)10-8-6-7-9-11-21(26)27/h6,8,12-13,16-17,19-20,24-25H,4-5,7,9-11,14-15H2,1-3H3,(H,26,27)/b8-6-,13-12+/t16-,17-,19-,20?/m1/s1. The van der Waals surface area contributed by atoms with Gasteiger partial charge in [-0.1, -0.05) is 57.9 Å². The maximum absolute atomic E-state index is 12.2. The van der Waals surface area contributed by atoms with E-state index in [1.807, 2.05) is 32.1 Å². The molecule has 3 N–H and O–H groups in total. The van der Waals surface area contributed by atoms with Gasteiger partial charge in [0, 0.05) is 24.7 Å². The molecule has 1 saturated carbocycles. The summed E-state index contributed by atoms with van der Waals surface area (Å²) >= 11 is 0. The normalized spacial score (nSPS) is 24.9. The number of aliphatic hydroxyl groups excluding tert-OH is 2. The Morgan fingerprint density at radius 1 is 1.30 bits per heavy atom. The summed E-state index contributed by atoms with van der Waals surface area (Å²) in [6, 6.07) is 0. The van der Waals surface area contributed by atoms with E-state index in [-0.39, 0.29) is 35.9 Å². The monoisotopic (exact) mass is 380 g/mol. The van der Waals surface area contributed by atoms with Gasteiger partial charge in [0.25, 0.3) is 0 Å². The highest BCUT2D eigenvalue weighted by molar-refractivity contribution is 5.84. The van der Waals surface area contributed by atoms with Crippen molar-refractivity contribution in [3.8, 4) is 0 Å². The van der Waals surface area contributed by atoms with Crippen molar-refractivity contribution >= 4 is 11.8 Å². The zero-order chi connectivity index (χ0) is 20.4. The lowest BCUT2D eigenvalue weighted by molar-refractivity contribution is -0.137. The van der Waals surface area contributed by atoms with Crippen LogP contribution in [0.4, 0.5) is 0 Å². The van der Waals surface area contributed by atoms with Crippen molar-refractivity contribution in [1.82, 2.24) is 0 Å². The Bertz CT molecular complexity index is 535. The highest BCUT2D eigenvalue weighted by atomic mass is 16.4. The number of hydrogen-bond acceptors (Lipinski definition) is 4. The number of hydrogen-bond donors (Lipinski definition) is 3. The Hall–Kier alpha value is -1.46. The number of rotatable bonds is 12. The summed E-state index contributed by atoms with van der Waals surface area (Å²) in [5.74, 6) is -1.31. The Morgan fingerprint density at radius 3 is 2.63 bits per heavy atom. The molecule has 154 valence electrons. The number of carbonyl (C=O) groups excluding carboxylic acids is 1. The minimum atomic E-state index is -0.803. The maximum Gasteiger partial charge on any atom is 0.303 e. The molecule has 0 heterocycles. The van der Waals surface area contributed by atoms with Crippen LogP contribution in [-0.2, 0) is 9.59 Å². The Balaban J connectivity index is 2.63. The highest BCUT2D eigenvalue weighted by Gasteiger charge is 2.39. The molecule has 0 aromatic carbocycles. The third-order valence-corrected chi connectivity index (χ3v) is 5.54. The molecule has 0 amide bonds. The van der Waals surface area contributed by atoms with Gasteiger partial charge in [-0.2, -0.15) is 0 Å². The summed E-state index contributed by atoms with van der Waals surface area (Å²) in [6.07, 6.45) is 11.2. The van der Waals surface area contributed by atoms with Gasteiger partial charge >= 0.3 is 5.97 Å². The van der Waals surface area contributed by atoms with Crippen molar-refractivity contribution in [2.24, 2.45) is 17.3 Å².